The van der Waals surface area contributed by atoms with Crippen molar-refractivity contribution in [1.82, 2.24) is 0 Å². The summed E-state index contributed by atoms with van der Waals surface area (Å²) in [6.07, 6.45) is 1.67. The number of hydrogen-bond acceptors (Lipinski definition) is 5. The van der Waals surface area contributed by atoms with E-state index in [1.54, 1.807) is 37.4 Å². The van der Waals surface area contributed by atoms with Crippen LogP contribution < -0.4 is 0 Å². The number of phenols is 1. The van der Waals surface area contributed by atoms with Crippen LogP contribution in [0.2, 0.25) is 0 Å². The van der Waals surface area contributed by atoms with E-state index in [1.807, 2.05) is 13.8 Å². The van der Waals surface area contributed by atoms with E-state index in [2.05, 4.69) is 4.99 Å². The number of aryl methyl sites for hydroxylation is 1. The molecular weight excluding hydrogens is 286 g/mol. The number of thiophene rings is 1. The average Bonchev–Trinajstić information content (AvgIpc) is 2.74. The molecule has 0 saturated carbocycles. The number of aliphatic imine (C=N–C) groups is 1. The van der Waals surface area contributed by atoms with Crippen LogP contribution in [-0.4, -0.2) is 23.9 Å². The maximum atomic E-state index is 12.0. The minimum absolute atomic E-state index is 0.210. The normalized spacial score (nSPS) is 11.0. The zero-order valence-corrected chi connectivity index (χ0v) is 13.0. The highest BCUT2D eigenvalue weighted by Crippen LogP contribution is 2.35. The van der Waals surface area contributed by atoms with E-state index < -0.39 is 0 Å². The van der Waals surface area contributed by atoms with Crippen LogP contribution >= 0.6 is 11.3 Å². The first-order chi connectivity index (χ1) is 10.0. The fourth-order valence-electron chi connectivity index (χ4n) is 1.84. The van der Waals surface area contributed by atoms with E-state index in [0.29, 0.717) is 17.2 Å². The predicted octanol–water partition coefficient (Wildman–Crippen LogP) is 4.00. The van der Waals surface area contributed by atoms with Crippen molar-refractivity contribution in [2.45, 2.75) is 20.8 Å². The molecule has 0 bridgehead atoms. The second-order valence-corrected chi connectivity index (χ2v) is 5.74. The van der Waals surface area contributed by atoms with E-state index >= 15 is 0 Å². The topological polar surface area (TPSA) is 58.9 Å². The lowest BCUT2D eigenvalue weighted by Gasteiger charge is -2.02. The first-order valence-electron chi connectivity index (χ1n) is 6.63. The Bertz CT molecular complexity index is 672. The summed E-state index contributed by atoms with van der Waals surface area (Å²) in [5, 5.41) is 9.90. The Morgan fingerprint density at radius 2 is 2.00 bits per heavy atom. The summed E-state index contributed by atoms with van der Waals surface area (Å²) in [6, 6.07) is 6.71. The second-order valence-electron chi connectivity index (χ2n) is 4.53. The number of esters is 1. The standard InChI is InChI=1S/C16H17NO3S/c1-4-20-16(19)14-10(2)11(3)21-15(14)17-9-12-5-7-13(18)8-6-12/h5-9,18H,4H2,1-3H3/b17-9+. The molecule has 0 amide bonds. The molecule has 0 fully saturated rings. The number of carbonyl (C=O) groups is 1. The molecule has 21 heavy (non-hydrogen) atoms. The molecule has 2 aromatic rings. The van der Waals surface area contributed by atoms with Crippen LogP contribution in [-0.2, 0) is 4.74 Å². The van der Waals surface area contributed by atoms with Gasteiger partial charge in [-0.15, -0.1) is 11.3 Å². The number of hydrogen-bond donors (Lipinski definition) is 1. The Labute approximate surface area is 127 Å². The van der Waals surface area contributed by atoms with Gasteiger partial charge in [0.15, 0.2) is 0 Å². The lowest BCUT2D eigenvalue weighted by molar-refractivity contribution is 0.0527. The third-order valence-corrected chi connectivity index (χ3v) is 4.19. The number of nitrogens with zero attached hydrogens (tertiary/aromatic N) is 1. The molecule has 2 rings (SSSR count). The van der Waals surface area contributed by atoms with Crippen LogP contribution in [0.15, 0.2) is 29.3 Å². The van der Waals surface area contributed by atoms with Gasteiger partial charge in [0.2, 0.25) is 0 Å². The summed E-state index contributed by atoms with van der Waals surface area (Å²) in [7, 11) is 0. The second kappa shape index (κ2) is 6.54. The van der Waals surface area contributed by atoms with Gasteiger partial charge >= 0.3 is 5.97 Å². The van der Waals surface area contributed by atoms with E-state index in [4.69, 9.17) is 4.74 Å². The molecule has 110 valence electrons. The molecule has 0 spiro atoms. The van der Waals surface area contributed by atoms with E-state index in [0.717, 1.165) is 16.0 Å². The van der Waals surface area contributed by atoms with Gasteiger partial charge in [-0.2, -0.15) is 0 Å². The average molecular weight is 303 g/mol. The Balaban J connectivity index is 2.33. The summed E-state index contributed by atoms with van der Waals surface area (Å²) in [5.41, 5.74) is 2.30. The first-order valence-corrected chi connectivity index (χ1v) is 7.44. The third-order valence-electron chi connectivity index (χ3n) is 3.07. The third kappa shape index (κ3) is 3.49. The summed E-state index contributed by atoms with van der Waals surface area (Å²) >= 11 is 1.47. The van der Waals surface area contributed by atoms with Crippen LogP contribution in [0.3, 0.4) is 0 Å². The SMILES string of the molecule is CCOC(=O)c1c(/N=C/c2ccc(O)cc2)sc(C)c1C. The van der Waals surface area contributed by atoms with Crippen LogP contribution in [0, 0.1) is 13.8 Å². The quantitative estimate of drug-likeness (QED) is 0.686. The van der Waals surface area contributed by atoms with Crippen molar-refractivity contribution < 1.29 is 14.6 Å². The van der Waals surface area contributed by atoms with Crippen LogP contribution in [0.4, 0.5) is 5.00 Å². The minimum Gasteiger partial charge on any atom is -0.508 e. The monoisotopic (exact) mass is 303 g/mol. The molecule has 0 saturated heterocycles. The lowest BCUT2D eigenvalue weighted by atomic mass is 10.1. The Hall–Kier alpha value is -2.14. The van der Waals surface area contributed by atoms with Gasteiger partial charge in [0.1, 0.15) is 10.8 Å². The Morgan fingerprint density at radius 1 is 1.33 bits per heavy atom. The number of rotatable bonds is 4. The molecule has 1 N–H and O–H groups in total. The fourth-order valence-corrected chi connectivity index (χ4v) is 2.83. The van der Waals surface area contributed by atoms with E-state index in [1.165, 1.54) is 11.3 Å². The molecule has 0 radical (unpaired) electrons. The number of benzene rings is 1. The number of ether oxygens (including phenoxy) is 1. The van der Waals surface area contributed by atoms with Crippen LogP contribution in [0.25, 0.3) is 0 Å². The van der Waals surface area contributed by atoms with Crippen LogP contribution in [0.1, 0.15) is 33.3 Å². The first kappa shape index (κ1) is 15.3. The van der Waals surface area contributed by atoms with E-state index in [-0.39, 0.29) is 11.7 Å². The lowest BCUT2D eigenvalue weighted by Crippen LogP contribution is -2.05. The molecule has 0 unspecified atom stereocenters. The zero-order valence-electron chi connectivity index (χ0n) is 12.2. The molecule has 5 heteroatoms. The van der Waals surface area contributed by atoms with Gasteiger partial charge < -0.3 is 9.84 Å². The van der Waals surface area contributed by atoms with Gasteiger partial charge in [-0.1, -0.05) is 0 Å². The number of phenolic OH excluding ortho intramolecular Hbond substituents is 1. The van der Waals surface area contributed by atoms with Gasteiger partial charge in [0.25, 0.3) is 0 Å². The summed E-state index contributed by atoms with van der Waals surface area (Å²) in [4.78, 5) is 17.5. The van der Waals surface area contributed by atoms with Crippen molar-refractivity contribution in [2.75, 3.05) is 6.61 Å². The smallest absolute Gasteiger partial charge is 0.341 e. The number of aromatic hydroxyl groups is 1. The molecule has 1 aromatic heterocycles. The van der Waals surface area contributed by atoms with Crippen molar-refractivity contribution in [2.24, 2.45) is 4.99 Å². The molecule has 1 heterocycles. The van der Waals surface area contributed by atoms with E-state index in [9.17, 15) is 9.90 Å². The predicted molar refractivity (Wildman–Crippen MR) is 85.1 cm³/mol. The molecule has 0 aliphatic heterocycles. The zero-order chi connectivity index (χ0) is 15.4. The molecular formula is C16H17NO3S. The molecule has 1 aromatic carbocycles. The summed E-state index contributed by atoms with van der Waals surface area (Å²) in [6.45, 7) is 5.99. The Morgan fingerprint density at radius 3 is 2.62 bits per heavy atom. The van der Waals surface area contributed by atoms with Crippen molar-refractivity contribution in [1.29, 1.82) is 0 Å². The van der Waals surface area contributed by atoms with Gasteiger partial charge in [-0.25, -0.2) is 9.79 Å². The summed E-state index contributed by atoms with van der Waals surface area (Å²) < 4.78 is 5.09. The number of carbonyl (C=O) groups excluding carboxylic acids is 1. The highest BCUT2D eigenvalue weighted by atomic mass is 32.1. The van der Waals surface area contributed by atoms with Crippen molar-refractivity contribution in [3.05, 3.63) is 45.8 Å². The minimum atomic E-state index is -0.336. The Kier molecular flexibility index (Phi) is 4.75. The van der Waals surface area contributed by atoms with Crippen LogP contribution in [0.5, 0.6) is 5.75 Å². The summed E-state index contributed by atoms with van der Waals surface area (Å²) in [5.74, 6) is -0.126. The fraction of sp³-hybridized carbons (Fsp3) is 0.250. The van der Waals surface area contributed by atoms with Gasteiger partial charge in [-0.05, 0) is 56.2 Å². The molecule has 0 aliphatic carbocycles. The molecule has 0 atom stereocenters. The van der Waals surface area contributed by atoms with Crippen molar-refractivity contribution >= 4 is 28.5 Å². The molecule has 4 nitrogen and oxygen atoms in total. The molecule has 0 aliphatic rings. The van der Waals surface area contributed by atoms with Crippen molar-refractivity contribution in [3.63, 3.8) is 0 Å². The van der Waals surface area contributed by atoms with Gasteiger partial charge in [-0.3, -0.25) is 0 Å². The van der Waals surface area contributed by atoms with Crippen molar-refractivity contribution in [3.8, 4) is 5.75 Å². The highest BCUT2D eigenvalue weighted by Gasteiger charge is 2.19. The van der Waals surface area contributed by atoms with Gasteiger partial charge in [0.05, 0.1) is 12.2 Å². The largest absolute Gasteiger partial charge is 0.508 e. The maximum Gasteiger partial charge on any atom is 0.341 e. The highest BCUT2D eigenvalue weighted by molar-refractivity contribution is 7.16. The maximum absolute atomic E-state index is 12.0. The van der Waals surface area contributed by atoms with Gasteiger partial charge in [0, 0.05) is 11.1 Å².